The van der Waals surface area contributed by atoms with Crippen LogP contribution in [0.5, 0.6) is 17.2 Å². The van der Waals surface area contributed by atoms with E-state index >= 15 is 0 Å². The average Bonchev–Trinajstić information content (AvgIpc) is 2.79. The van der Waals surface area contributed by atoms with Crippen LogP contribution in [0.25, 0.3) is 0 Å². The van der Waals surface area contributed by atoms with Crippen molar-refractivity contribution in [2.45, 2.75) is 126 Å². The monoisotopic (exact) mass is 546 g/mol. The van der Waals surface area contributed by atoms with Crippen LogP contribution < -0.4 is 0 Å². The van der Waals surface area contributed by atoms with Crippen molar-refractivity contribution in [3.8, 4) is 17.2 Å². The molecule has 0 amide bonds. The second-order valence-electron chi connectivity index (χ2n) is 13.8. The minimum atomic E-state index is -0.197. The van der Waals surface area contributed by atoms with Crippen molar-refractivity contribution < 1.29 is 15.3 Å². The molecule has 3 aromatic rings. The Hall–Kier alpha value is -2.94. The maximum Gasteiger partial charge on any atom is 0.119 e. The molecule has 40 heavy (non-hydrogen) atoms. The molecule has 3 nitrogen and oxygen atoms in total. The van der Waals surface area contributed by atoms with Gasteiger partial charge < -0.3 is 15.3 Å². The molecular formula is C37H54O3. The lowest BCUT2D eigenvalue weighted by Crippen LogP contribution is -2.16. The highest BCUT2D eigenvalue weighted by Crippen LogP contribution is 2.44. The number of aryl methyl sites for hydroxylation is 4. The third-order valence-electron chi connectivity index (χ3n) is 7.84. The Morgan fingerprint density at radius 1 is 0.550 bits per heavy atom. The van der Waals surface area contributed by atoms with Gasteiger partial charge in [0.2, 0.25) is 0 Å². The molecule has 0 heterocycles. The van der Waals surface area contributed by atoms with Gasteiger partial charge in [-0.2, -0.15) is 0 Å². The van der Waals surface area contributed by atoms with Gasteiger partial charge >= 0.3 is 0 Å². The van der Waals surface area contributed by atoms with Crippen LogP contribution in [0, 0.1) is 27.7 Å². The first-order valence-electron chi connectivity index (χ1n) is 14.8. The summed E-state index contributed by atoms with van der Waals surface area (Å²) in [6.07, 6.45) is 2.11. The Morgan fingerprint density at radius 2 is 0.900 bits per heavy atom. The molecule has 3 aromatic carbocycles. The van der Waals surface area contributed by atoms with E-state index in [1.165, 1.54) is 23.1 Å². The largest absolute Gasteiger partial charge is 0.508 e. The van der Waals surface area contributed by atoms with Gasteiger partial charge in [-0.05, 0) is 119 Å². The highest BCUT2D eigenvalue weighted by atomic mass is 16.3. The summed E-state index contributed by atoms with van der Waals surface area (Å²) in [4.78, 5) is 0. The molecule has 0 bridgehead atoms. The third-order valence-corrected chi connectivity index (χ3v) is 7.84. The number of benzene rings is 3. The summed E-state index contributed by atoms with van der Waals surface area (Å²) in [5.74, 6) is 1.29. The van der Waals surface area contributed by atoms with Gasteiger partial charge in [0.1, 0.15) is 17.2 Å². The molecule has 0 spiro atoms. The zero-order valence-corrected chi connectivity index (χ0v) is 27.4. The van der Waals surface area contributed by atoms with E-state index in [0.29, 0.717) is 17.2 Å². The molecule has 0 aromatic heterocycles. The van der Waals surface area contributed by atoms with Crippen molar-refractivity contribution in [3.63, 3.8) is 0 Å². The van der Waals surface area contributed by atoms with E-state index in [-0.39, 0.29) is 22.7 Å². The van der Waals surface area contributed by atoms with Crippen LogP contribution in [0.1, 0.15) is 137 Å². The number of rotatable bonds is 5. The molecule has 0 aliphatic carbocycles. The smallest absolute Gasteiger partial charge is 0.119 e. The molecule has 3 rings (SSSR count). The summed E-state index contributed by atoms with van der Waals surface area (Å²) in [5.41, 5.74) is 9.26. The molecule has 0 saturated heterocycles. The number of hydrogen-bond acceptors (Lipinski definition) is 3. The van der Waals surface area contributed by atoms with Crippen LogP contribution >= 0.6 is 0 Å². The van der Waals surface area contributed by atoms with Gasteiger partial charge in [0, 0.05) is 5.92 Å². The van der Waals surface area contributed by atoms with Gasteiger partial charge in [-0.15, -0.1) is 0 Å². The number of phenols is 3. The summed E-state index contributed by atoms with van der Waals surface area (Å²) in [6.45, 7) is 27.5. The predicted octanol–water partition coefficient (Wildman–Crippen LogP) is 10.4. The fourth-order valence-corrected chi connectivity index (χ4v) is 5.63. The second kappa shape index (κ2) is 12.7. The molecule has 0 radical (unpaired) electrons. The lowest BCUT2D eigenvalue weighted by molar-refractivity contribution is 0.445. The van der Waals surface area contributed by atoms with Gasteiger partial charge in [0.05, 0.1) is 0 Å². The Bertz CT molecular complexity index is 1320. The predicted molar refractivity (Wildman–Crippen MR) is 172 cm³/mol. The molecule has 0 fully saturated rings. The minimum absolute atomic E-state index is 0.0716. The van der Waals surface area contributed by atoms with Crippen molar-refractivity contribution >= 4 is 0 Å². The Kier molecular flexibility index (Phi) is 10.6. The molecule has 0 aliphatic heterocycles. The zero-order valence-electron chi connectivity index (χ0n) is 27.4. The number of phenolic OH excluding ortho intramolecular Hbond substituents is 3. The van der Waals surface area contributed by atoms with Gasteiger partial charge in [0.25, 0.3) is 0 Å². The molecule has 3 heteroatoms. The quantitative estimate of drug-likeness (QED) is 0.298. The lowest BCUT2D eigenvalue weighted by Gasteiger charge is -2.30. The van der Waals surface area contributed by atoms with Crippen LogP contribution in [-0.4, -0.2) is 15.3 Å². The van der Waals surface area contributed by atoms with E-state index in [9.17, 15) is 15.3 Å². The zero-order chi connectivity index (χ0) is 30.7. The van der Waals surface area contributed by atoms with Gasteiger partial charge in [-0.1, -0.05) is 86.9 Å². The maximum atomic E-state index is 10.8. The van der Waals surface area contributed by atoms with Crippen molar-refractivity contribution in [1.29, 1.82) is 0 Å². The van der Waals surface area contributed by atoms with Crippen molar-refractivity contribution in [1.82, 2.24) is 0 Å². The first-order valence-corrected chi connectivity index (χ1v) is 14.8. The first-order chi connectivity index (χ1) is 18.3. The SMILES string of the molecule is CCC.Cc1cc(C(CC(C)c2cc(C(C)(C)C)c(O)cc2C)c2cc(C(C)(C)C)c(O)cc2C)c(C)cc1O. The lowest BCUT2D eigenvalue weighted by atomic mass is 9.75. The average molecular weight is 547 g/mol. The minimum Gasteiger partial charge on any atom is -0.508 e. The van der Waals surface area contributed by atoms with Crippen LogP contribution in [0.3, 0.4) is 0 Å². The van der Waals surface area contributed by atoms with E-state index in [0.717, 1.165) is 39.8 Å². The Morgan fingerprint density at radius 3 is 1.32 bits per heavy atom. The van der Waals surface area contributed by atoms with E-state index in [4.69, 9.17) is 0 Å². The van der Waals surface area contributed by atoms with E-state index in [1.807, 2.05) is 25.1 Å². The van der Waals surface area contributed by atoms with E-state index in [1.54, 1.807) is 0 Å². The van der Waals surface area contributed by atoms with Gasteiger partial charge in [0.15, 0.2) is 0 Å². The fraction of sp³-hybridized carbons (Fsp3) is 0.514. The van der Waals surface area contributed by atoms with Gasteiger partial charge in [-0.3, -0.25) is 0 Å². The highest BCUT2D eigenvalue weighted by molar-refractivity contribution is 5.52. The number of hydrogen-bond donors (Lipinski definition) is 3. The summed E-state index contributed by atoms with van der Waals surface area (Å²) in [5, 5.41) is 31.9. The number of aromatic hydroxyl groups is 3. The fourth-order valence-electron chi connectivity index (χ4n) is 5.63. The molecule has 220 valence electrons. The van der Waals surface area contributed by atoms with Crippen molar-refractivity contribution in [2.75, 3.05) is 0 Å². The van der Waals surface area contributed by atoms with Gasteiger partial charge in [-0.25, -0.2) is 0 Å². The molecule has 2 atom stereocenters. The Balaban J connectivity index is 0.00000178. The maximum absolute atomic E-state index is 10.8. The molecule has 0 saturated carbocycles. The van der Waals surface area contributed by atoms with Crippen LogP contribution in [0.2, 0.25) is 0 Å². The van der Waals surface area contributed by atoms with Crippen molar-refractivity contribution in [3.05, 3.63) is 86.5 Å². The Labute approximate surface area is 244 Å². The summed E-state index contributed by atoms with van der Waals surface area (Å²) in [6, 6.07) is 12.2. The van der Waals surface area contributed by atoms with Crippen molar-refractivity contribution in [2.24, 2.45) is 0 Å². The normalized spacial score (nSPS) is 13.4. The third kappa shape index (κ3) is 7.62. The van der Waals surface area contributed by atoms with Crippen LogP contribution in [0.4, 0.5) is 0 Å². The second-order valence-corrected chi connectivity index (χ2v) is 13.8. The molecule has 0 aliphatic rings. The first kappa shape index (κ1) is 33.3. The van der Waals surface area contributed by atoms with E-state index in [2.05, 4.69) is 101 Å². The highest BCUT2D eigenvalue weighted by Gasteiger charge is 2.28. The van der Waals surface area contributed by atoms with E-state index < -0.39 is 0 Å². The molecule has 2 unspecified atom stereocenters. The van der Waals surface area contributed by atoms with Crippen LogP contribution in [0.15, 0.2) is 36.4 Å². The molecular weight excluding hydrogens is 492 g/mol. The standard InChI is InChI=1S/C34H46O3.C3H8/c1-19(24-17-28(33(6,7)8)31(36)15-20(24)2)12-27(25-13-23(5)30(35)14-21(25)3)26-18-29(34(9,10)11)32(37)16-22(26)4;1-3-2/h13-19,27,35-37H,12H2,1-11H3;3H2,1-2H3. The summed E-state index contributed by atoms with van der Waals surface area (Å²) >= 11 is 0. The summed E-state index contributed by atoms with van der Waals surface area (Å²) in [7, 11) is 0. The van der Waals surface area contributed by atoms with Crippen LogP contribution in [-0.2, 0) is 10.8 Å². The molecule has 3 N–H and O–H groups in total. The topological polar surface area (TPSA) is 60.7 Å². The summed E-state index contributed by atoms with van der Waals surface area (Å²) < 4.78 is 0.